The zero-order valence-corrected chi connectivity index (χ0v) is 13.4. The molecule has 0 radical (unpaired) electrons. The maximum Gasteiger partial charge on any atom is 0.209 e. The standard InChI is InChI=1S/C16H13N7S/c1-3-7-12(8-4-1)15-17-16(20-19-15)24-11-14-18-21-22-23(14)13-9-5-2-6-10-13/h1-10H,11H2,(H,17,19,20). The number of aromatic amines is 1. The minimum absolute atomic E-state index is 0.577. The number of nitrogens with zero attached hydrogens (tertiary/aromatic N) is 6. The fourth-order valence-electron chi connectivity index (χ4n) is 2.23. The molecule has 1 N–H and O–H groups in total. The van der Waals surface area contributed by atoms with Crippen LogP contribution in [0.4, 0.5) is 0 Å². The van der Waals surface area contributed by atoms with E-state index in [0.29, 0.717) is 10.9 Å². The van der Waals surface area contributed by atoms with Gasteiger partial charge in [0.05, 0.1) is 11.4 Å². The van der Waals surface area contributed by atoms with Gasteiger partial charge in [0.2, 0.25) is 5.16 Å². The average Bonchev–Trinajstić information content (AvgIpc) is 3.31. The lowest BCUT2D eigenvalue weighted by atomic mass is 10.2. The summed E-state index contributed by atoms with van der Waals surface area (Å²) in [5, 5.41) is 19.8. The molecule has 24 heavy (non-hydrogen) atoms. The summed E-state index contributed by atoms with van der Waals surface area (Å²) in [6, 6.07) is 19.7. The van der Waals surface area contributed by atoms with Crippen molar-refractivity contribution in [2.45, 2.75) is 10.9 Å². The zero-order valence-electron chi connectivity index (χ0n) is 12.6. The van der Waals surface area contributed by atoms with Crippen molar-refractivity contribution in [3.8, 4) is 17.1 Å². The SMILES string of the molecule is c1ccc(-c2nc(SCc3nnnn3-c3ccccc3)n[nH]2)cc1. The molecule has 0 saturated carbocycles. The molecule has 4 aromatic rings. The predicted octanol–water partition coefficient (Wildman–Crippen LogP) is 2.74. The molecule has 2 heterocycles. The molecule has 0 spiro atoms. The molecular formula is C16H13N7S. The molecule has 0 unspecified atom stereocenters. The molecule has 0 bridgehead atoms. The van der Waals surface area contributed by atoms with E-state index in [1.807, 2.05) is 60.7 Å². The number of tetrazole rings is 1. The number of para-hydroxylation sites is 1. The Bertz CT molecular complexity index is 918. The highest BCUT2D eigenvalue weighted by Crippen LogP contribution is 2.22. The first kappa shape index (κ1) is 14.6. The number of nitrogens with one attached hydrogen (secondary N) is 1. The smallest absolute Gasteiger partial charge is 0.209 e. The summed E-state index contributed by atoms with van der Waals surface area (Å²) in [7, 11) is 0. The number of hydrogen-bond acceptors (Lipinski definition) is 6. The van der Waals surface area contributed by atoms with Crippen LogP contribution in [0.15, 0.2) is 65.8 Å². The molecule has 2 aromatic heterocycles. The van der Waals surface area contributed by atoms with E-state index < -0.39 is 0 Å². The first-order valence-corrected chi connectivity index (χ1v) is 8.32. The van der Waals surface area contributed by atoms with Crippen LogP contribution in [0.3, 0.4) is 0 Å². The van der Waals surface area contributed by atoms with Gasteiger partial charge in [-0.15, -0.1) is 10.2 Å². The van der Waals surface area contributed by atoms with Crippen molar-refractivity contribution in [1.82, 2.24) is 35.4 Å². The number of rotatable bonds is 5. The van der Waals surface area contributed by atoms with E-state index in [0.717, 1.165) is 22.9 Å². The van der Waals surface area contributed by atoms with Crippen LogP contribution in [0.1, 0.15) is 5.82 Å². The maximum atomic E-state index is 4.50. The highest BCUT2D eigenvalue weighted by atomic mass is 32.2. The highest BCUT2D eigenvalue weighted by Gasteiger charge is 2.11. The monoisotopic (exact) mass is 335 g/mol. The van der Waals surface area contributed by atoms with Crippen molar-refractivity contribution < 1.29 is 0 Å². The van der Waals surface area contributed by atoms with Gasteiger partial charge < -0.3 is 0 Å². The van der Waals surface area contributed by atoms with Crippen molar-refractivity contribution in [2.75, 3.05) is 0 Å². The van der Waals surface area contributed by atoms with Crippen LogP contribution in [0, 0.1) is 0 Å². The Kier molecular flexibility index (Phi) is 4.03. The van der Waals surface area contributed by atoms with Crippen LogP contribution in [-0.2, 0) is 5.75 Å². The lowest BCUT2D eigenvalue weighted by Gasteiger charge is -2.02. The second kappa shape index (κ2) is 6.63. The molecular weight excluding hydrogens is 322 g/mol. The van der Waals surface area contributed by atoms with Gasteiger partial charge in [0, 0.05) is 5.56 Å². The summed E-state index contributed by atoms with van der Waals surface area (Å²) in [4.78, 5) is 4.50. The van der Waals surface area contributed by atoms with Crippen LogP contribution >= 0.6 is 11.8 Å². The highest BCUT2D eigenvalue weighted by molar-refractivity contribution is 7.98. The van der Waals surface area contributed by atoms with Gasteiger partial charge in [0.25, 0.3) is 0 Å². The fraction of sp³-hybridized carbons (Fsp3) is 0.0625. The molecule has 0 amide bonds. The van der Waals surface area contributed by atoms with E-state index in [9.17, 15) is 0 Å². The van der Waals surface area contributed by atoms with E-state index in [-0.39, 0.29) is 0 Å². The van der Waals surface area contributed by atoms with Gasteiger partial charge >= 0.3 is 0 Å². The molecule has 0 saturated heterocycles. The Balaban J connectivity index is 1.49. The van der Waals surface area contributed by atoms with Crippen LogP contribution in [0.25, 0.3) is 17.1 Å². The first-order valence-electron chi connectivity index (χ1n) is 7.33. The molecule has 7 nitrogen and oxygen atoms in total. The zero-order chi connectivity index (χ0) is 16.2. The lowest BCUT2D eigenvalue weighted by molar-refractivity contribution is 0.777. The third-order valence-electron chi connectivity index (χ3n) is 3.38. The third-order valence-corrected chi connectivity index (χ3v) is 4.22. The van der Waals surface area contributed by atoms with Crippen molar-refractivity contribution >= 4 is 11.8 Å². The number of aromatic nitrogens is 7. The van der Waals surface area contributed by atoms with Crippen LogP contribution in [-0.4, -0.2) is 35.4 Å². The molecule has 2 aromatic carbocycles. The Labute approximate surface area is 142 Å². The van der Waals surface area contributed by atoms with Crippen LogP contribution < -0.4 is 0 Å². The first-order chi connectivity index (χ1) is 11.9. The molecule has 118 valence electrons. The molecule has 0 aliphatic heterocycles. The van der Waals surface area contributed by atoms with Crippen LogP contribution in [0.2, 0.25) is 0 Å². The number of hydrogen-bond donors (Lipinski definition) is 1. The van der Waals surface area contributed by atoms with E-state index in [1.165, 1.54) is 11.8 Å². The number of benzene rings is 2. The Morgan fingerprint density at radius 3 is 2.50 bits per heavy atom. The van der Waals surface area contributed by atoms with Crippen LogP contribution in [0.5, 0.6) is 0 Å². The van der Waals surface area contributed by atoms with E-state index in [4.69, 9.17) is 0 Å². The van der Waals surface area contributed by atoms with Gasteiger partial charge in [0.1, 0.15) is 0 Å². The maximum absolute atomic E-state index is 4.50. The van der Waals surface area contributed by atoms with Crippen molar-refractivity contribution in [3.05, 3.63) is 66.5 Å². The van der Waals surface area contributed by atoms with Gasteiger partial charge in [-0.3, -0.25) is 5.10 Å². The molecule has 8 heteroatoms. The summed E-state index contributed by atoms with van der Waals surface area (Å²) in [5.41, 5.74) is 1.93. The normalized spacial score (nSPS) is 10.8. The molecule has 0 aliphatic rings. The fourth-order valence-corrected chi connectivity index (χ4v) is 2.93. The summed E-state index contributed by atoms with van der Waals surface area (Å²) < 4.78 is 1.72. The predicted molar refractivity (Wildman–Crippen MR) is 90.5 cm³/mol. The molecule has 0 fully saturated rings. The van der Waals surface area contributed by atoms with E-state index in [2.05, 4.69) is 30.7 Å². The van der Waals surface area contributed by atoms with Gasteiger partial charge in [-0.05, 0) is 22.6 Å². The second-order valence-electron chi connectivity index (χ2n) is 4.96. The summed E-state index contributed by atoms with van der Waals surface area (Å²) >= 11 is 1.49. The third kappa shape index (κ3) is 3.04. The minimum Gasteiger partial charge on any atom is -0.258 e. The summed E-state index contributed by atoms with van der Waals surface area (Å²) in [5.74, 6) is 2.08. The Morgan fingerprint density at radius 1 is 0.958 bits per heavy atom. The van der Waals surface area contributed by atoms with Gasteiger partial charge in [-0.2, -0.15) is 4.68 Å². The largest absolute Gasteiger partial charge is 0.258 e. The van der Waals surface area contributed by atoms with Gasteiger partial charge in [0.15, 0.2) is 11.6 Å². The van der Waals surface area contributed by atoms with E-state index in [1.54, 1.807) is 4.68 Å². The molecule has 0 atom stereocenters. The number of thioether (sulfide) groups is 1. The number of H-pyrrole nitrogens is 1. The minimum atomic E-state index is 0.577. The summed E-state index contributed by atoms with van der Waals surface area (Å²) in [6.45, 7) is 0. The van der Waals surface area contributed by atoms with Gasteiger partial charge in [-0.25, -0.2) is 4.98 Å². The lowest BCUT2D eigenvalue weighted by Crippen LogP contribution is -2.01. The van der Waals surface area contributed by atoms with E-state index >= 15 is 0 Å². The second-order valence-corrected chi connectivity index (χ2v) is 5.91. The summed E-state index contributed by atoms with van der Waals surface area (Å²) in [6.07, 6.45) is 0. The quantitative estimate of drug-likeness (QED) is 0.565. The molecule has 4 rings (SSSR count). The Hall–Kier alpha value is -3.00. The van der Waals surface area contributed by atoms with Crippen molar-refractivity contribution in [3.63, 3.8) is 0 Å². The Morgan fingerprint density at radius 2 is 1.71 bits per heavy atom. The van der Waals surface area contributed by atoms with Gasteiger partial charge in [-0.1, -0.05) is 60.3 Å². The average molecular weight is 335 g/mol. The topological polar surface area (TPSA) is 85.2 Å². The van der Waals surface area contributed by atoms with Crippen molar-refractivity contribution in [2.24, 2.45) is 0 Å². The van der Waals surface area contributed by atoms with Crippen molar-refractivity contribution in [1.29, 1.82) is 0 Å². The molecule has 0 aliphatic carbocycles.